The minimum atomic E-state index is -2.10. The second kappa shape index (κ2) is 20.0. The van der Waals surface area contributed by atoms with Crippen LogP contribution in [-0.2, 0) is 32.9 Å². The van der Waals surface area contributed by atoms with Crippen molar-refractivity contribution < 1.29 is 41.9 Å². The van der Waals surface area contributed by atoms with Crippen LogP contribution in [0.25, 0.3) is 44.6 Å². The van der Waals surface area contributed by atoms with E-state index in [1.54, 1.807) is 27.5 Å². The van der Waals surface area contributed by atoms with E-state index in [1.807, 2.05) is 66.9 Å². The number of pyridine rings is 4. The molecule has 8 aromatic rings. The Morgan fingerprint density at radius 1 is 0.817 bits per heavy atom. The predicted octanol–water partition coefficient (Wildman–Crippen LogP) is 12.2. The quantitative estimate of drug-likeness (QED) is 0.123. The molecule has 0 unspecified atom stereocenters. The average Bonchev–Trinajstić information content (AvgIpc) is 3.64. The zero-order valence-electron chi connectivity index (χ0n) is 40.4. The average molecular weight is 974 g/mol. The van der Waals surface area contributed by atoms with Crippen LogP contribution in [0.5, 0.6) is 0 Å². The first-order chi connectivity index (χ1) is 30.9. The molecule has 0 aliphatic heterocycles. The van der Waals surface area contributed by atoms with Gasteiger partial charge in [0.05, 0.1) is 29.4 Å². The number of furan rings is 1. The van der Waals surface area contributed by atoms with Gasteiger partial charge in [-0.2, -0.15) is 42.7 Å². The molecule has 0 saturated heterocycles. The number of rotatable bonds is 6. The Bertz CT molecular complexity index is 2920. The normalized spacial score (nSPS) is 14.4. The third-order valence-electron chi connectivity index (χ3n) is 11.2. The maximum atomic E-state index is 7.33. The van der Waals surface area contributed by atoms with Crippen molar-refractivity contribution in [1.82, 2.24) is 9.97 Å². The summed E-state index contributed by atoms with van der Waals surface area (Å²) in [5.41, 5.74) is 13.9. The van der Waals surface area contributed by atoms with Crippen LogP contribution in [0.1, 0.15) is 103 Å². The Morgan fingerprint density at radius 2 is 1.62 bits per heavy atom. The van der Waals surface area contributed by atoms with Gasteiger partial charge in [0.2, 0.25) is 5.71 Å². The zero-order valence-corrected chi connectivity index (χ0v) is 36.8. The number of aromatic nitrogens is 4. The van der Waals surface area contributed by atoms with Crippen LogP contribution in [0, 0.1) is 54.7 Å². The van der Waals surface area contributed by atoms with Crippen molar-refractivity contribution in [1.29, 1.82) is 0 Å². The fraction of sp³-hybridized carbons (Fsp3) is 0.222. The summed E-state index contributed by atoms with van der Waals surface area (Å²) in [6, 6.07) is 36.3. The standard InChI is InChI=1S/C25H25N2O.C16H18N.C13H12N.Ir/c1-15-9-10-19-20-11-12-21(18-7-5-4-6-8-18)27-25(20)28-24(19)23(15)22-13-16(2)17(3)14-26-22;1-4-14-9-10-16(17(3)12-14)11-15-8-6-5-7-13(15)2;1-11-8-9-13(14(2)10-11)12-6-4-3-5-7-12;/h9-14,18H,1,4-8H2,2-3H3;5-10,12H,2-4,11H2,1H3;3-6,8-10H,2H2,1H3;/q3*-1;/i;2*1D3;. The second-order valence-electron chi connectivity index (χ2n) is 15.3. The van der Waals surface area contributed by atoms with Crippen LogP contribution in [-0.4, -0.2) is 9.97 Å². The second-order valence-corrected chi connectivity index (χ2v) is 15.3. The molecule has 1 fully saturated rings. The summed E-state index contributed by atoms with van der Waals surface area (Å²) in [6.45, 7) is 8.39. The minimum absolute atomic E-state index is 0. The van der Waals surface area contributed by atoms with Gasteiger partial charge in [0.1, 0.15) is 0 Å². The number of benzene rings is 3. The van der Waals surface area contributed by atoms with Crippen molar-refractivity contribution >= 4 is 22.1 Å². The van der Waals surface area contributed by atoms with E-state index < -0.39 is 13.7 Å². The first kappa shape index (κ1) is 36.1. The Labute approximate surface area is 379 Å². The molecular weight excluding hydrogens is 913 g/mol. The van der Waals surface area contributed by atoms with Crippen LogP contribution in [0.2, 0.25) is 0 Å². The van der Waals surface area contributed by atoms with Crippen LogP contribution in [0.4, 0.5) is 0 Å². The molecule has 1 aliphatic rings. The molecule has 309 valence electrons. The Balaban J connectivity index is 0.000000169. The summed E-state index contributed by atoms with van der Waals surface area (Å²) < 4.78 is 53.5. The van der Waals surface area contributed by atoms with Crippen molar-refractivity contribution in [2.24, 2.45) is 0 Å². The summed E-state index contributed by atoms with van der Waals surface area (Å²) >= 11 is 0. The predicted molar refractivity (Wildman–Crippen MR) is 241 cm³/mol. The molecule has 6 heteroatoms. The largest absolute Gasteiger partial charge is 0.450 e. The van der Waals surface area contributed by atoms with E-state index in [-0.39, 0.29) is 32.1 Å². The molecule has 0 spiro atoms. The summed E-state index contributed by atoms with van der Waals surface area (Å²) in [7, 11) is 7.77. The van der Waals surface area contributed by atoms with E-state index in [4.69, 9.17) is 17.6 Å². The van der Waals surface area contributed by atoms with Gasteiger partial charge in [0.15, 0.2) is 0 Å². The van der Waals surface area contributed by atoms with Gasteiger partial charge in [0.25, 0.3) is 0 Å². The van der Waals surface area contributed by atoms with E-state index in [0.717, 1.165) is 79.0 Å². The van der Waals surface area contributed by atoms with E-state index in [2.05, 4.69) is 83.2 Å². The summed E-state index contributed by atoms with van der Waals surface area (Å²) in [5.74, 6) is 0.565. The third-order valence-corrected chi connectivity index (χ3v) is 11.2. The van der Waals surface area contributed by atoms with Crippen molar-refractivity contribution in [2.75, 3.05) is 0 Å². The van der Waals surface area contributed by atoms with E-state index >= 15 is 0 Å². The SMILES string of the molecule is [2H]C([2H])([2H])Cc1ccc(Cc2ccccc2[CH2-])[n+]([CH2-])c1.[2H]C([2H])([2H])c1ccc(-c2[c-]cccc2)[n+]([CH2-])c1.[CH2-]c1ccc2c(oc3nc(C4CCCCC4)ccc32)c1-c1cc(C)c(C)cn1.[Ir]. The van der Waals surface area contributed by atoms with Crippen molar-refractivity contribution in [3.05, 3.63) is 206 Å². The number of hydrogen-bond donors (Lipinski definition) is 0. The van der Waals surface area contributed by atoms with E-state index in [0.29, 0.717) is 5.92 Å². The monoisotopic (exact) mass is 974 g/mol. The minimum Gasteiger partial charge on any atom is -0.450 e. The summed E-state index contributed by atoms with van der Waals surface area (Å²) in [6.07, 6.45) is 12.5. The van der Waals surface area contributed by atoms with E-state index in [1.165, 1.54) is 55.1 Å². The molecule has 1 radical (unpaired) electrons. The molecule has 9 rings (SSSR count). The van der Waals surface area contributed by atoms with Crippen LogP contribution >= 0.6 is 0 Å². The fourth-order valence-electron chi connectivity index (χ4n) is 7.60. The molecular formula is C54H55IrN4O-3. The molecule has 5 nitrogen and oxygen atoms in total. The van der Waals surface area contributed by atoms with Gasteiger partial charge in [-0.3, -0.25) is 4.98 Å². The number of hydrogen-bond acceptors (Lipinski definition) is 3. The third kappa shape index (κ3) is 10.1. The molecule has 0 amide bonds. The van der Waals surface area contributed by atoms with Crippen molar-refractivity contribution in [3.63, 3.8) is 0 Å². The van der Waals surface area contributed by atoms with Gasteiger partial charge >= 0.3 is 0 Å². The summed E-state index contributed by atoms with van der Waals surface area (Å²) in [4.78, 5) is 9.59. The Kier molecular flexibility index (Phi) is 12.0. The summed E-state index contributed by atoms with van der Waals surface area (Å²) in [5, 5.41) is 2.15. The Hall–Kier alpha value is -5.81. The number of aryl methyl sites for hydroxylation is 4. The van der Waals surface area contributed by atoms with Gasteiger partial charge in [-0.15, -0.1) is 48.5 Å². The number of fused-ring (bicyclic) bond motifs is 3. The molecule has 1 saturated carbocycles. The molecule has 0 N–H and O–H groups in total. The zero-order chi connectivity index (χ0) is 46.5. The Morgan fingerprint density at radius 3 is 2.33 bits per heavy atom. The molecule has 0 bridgehead atoms. The van der Waals surface area contributed by atoms with Crippen molar-refractivity contribution in [3.8, 4) is 22.5 Å². The van der Waals surface area contributed by atoms with Crippen molar-refractivity contribution in [2.45, 2.75) is 78.4 Å². The first-order valence-electron chi connectivity index (χ1n) is 23.2. The number of nitrogens with zero attached hydrogens (tertiary/aromatic N) is 4. The molecule has 5 aromatic heterocycles. The molecule has 0 atom stereocenters. The maximum Gasteiger partial charge on any atom is 0.226 e. The van der Waals surface area contributed by atoms with Gasteiger partial charge in [0, 0.05) is 76.7 Å². The van der Waals surface area contributed by atoms with E-state index in [9.17, 15) is 0 Å². The van der Waals surface area contributed by atoms with Crippen LogP contribution in [0.3, 0.4) is 0 Å². The van der Waals surface area contributed by atoms with Gasteiger partial charge in [-0.05, 0) is 92.9 Å². The molecule has 1 aliphatic carbocycles. The van der Waals surface area contributed by atoms with Gasteiger partial charge in [-0.25, -0.2) is 4.98 Å². The van der Waals surface area contributed by atoms with Gasteiger partial charge in [-0.1, -0.05) is 61.5 Å². The van der Waals surface area contributed by atoms with Crippen LogP contribution < -0.4 is 9.13 Å². The smallest absolute Gasteiger partial charge is 0.226 e. The van der Waals surface area contributed by atoms with Gasteiger partial charge < -0.3 is 13.6 Å². The van der Waals surface area contributed by atoms with Crippen LogP contribution in [0.15, 0.2) is 126 Å². The topological polar surface area (TPSA) is 46.7 Å². The molecule has 5 heterocycles. The first-order valence-corrected chi connectivity index (χ1v) is 20.2. The molecule has 60 heavy (non-hydrogen) atoms. The molecule has 3 aromatic carbocycles. The fourth-order valence-corrected chi connectivity index (χ4v) is 7.60. The maximum absolute atomic E-state index is 7.33.